The summed E-state index contributed by atoms with van der Waals surface area (Å²) in [4.78, 5) is -0.393. The van der Waals surface area contributed by atoms with E-state index in [9.17, 15) is 22.0 Å². The molecular formula is C34H36N4O10S2. The van der Waals surface area contributed by atoms with Crippen molar-refractivity contribution in [3.63, 3.8) is 0 Å². The zero-order valence-corrected chi connectivity index (χ0v) is 29.4. The van der Waals surface area contributed by atoms with Gasteiger partial charge in [-0.3, -0.25) is 4.63 Å². The van der Waals surface area contributed by atoms with E-state index in [0.29, 0.717) is 45.3 Å². The first kappa shape index (κ1) is 36.1. The van der Waals surface area contributed by atoms with E-state index in [4.69, 9.17) is 23.6 Å². The van der Waals surface area contributed by atoms with Gasteiger partial charge in [0.15, 0.2) is 0 Å². The van der Waals surface area contributed by atoms with Crippen LogP contribution >= 0.6 is 0 Å². The lowest BCUT2D eigenvalue weighted by Gasteiger charge is -2.23. The van der Waals surface area contributed by atoms with Gasteiger partial charge in [0.2, 0.25) is 0 Å². The largest absolute Gasteiger partial charge is 0.497 e. The number of benzene rings is 4. The Kier molecular flexibility index (Phi) is 11.3. The molecule has 264 valence electrons. The van der Waals surface area contributed by atoms with Crippen LogP contribution in [0.5, 0.6) is 23.0 Å². The SMILES string of the molecule is COc1ccc(CN(Cc2ccc(OC)cc2)S(=O)(=O)c2no[n+]([O-])c2S(=O)(=O)N(Cc2ccc(OC)cc2)Cc2ccc(OC)cc2)cc1. The van der Waals surface area contributed by atoms with E-state index < -0.39 is 35.0 Å². The van der Waals surface area contributed by atoms with Crippen molar-refractivity contribution in [1.29, 1.82) is 0 Å². The monoisotopic (exact) mass is 724 g/mol. The maximum atomic E-state index is 14.5. The molecule has 1 heterocycles. The van der Waals surface area contributed by atoms with Gasteiger partial charge >= 0.3 is 10.1 Å². The first-order valence-corrected chi connectivity index (χ1v) is 18.0. The molecule has 0 radical (unpaired) electrons. The molecule has 0 fully saturated rings. The summed E-state index contributed by atoms with van der Waals surface area (Å²) in [6.45, 7) is -0.870. The van der Waals surface area contributed by atoms with Crippen molar-refractivity contribution in [2.45, 2.75) is 36.2 Å². The Morgan fingerprint density at radius 1 is 0.540 bits per heavy atom. The first-order chi connectivity index (χ1) is 24.0. The molecule has 0 unspecified atom stereocenters. The van der Waals surface area contributed by atoms with Crippen molar-refractivity contribution in [3.8, 4) is 23.0 Å². The van der Waals surface area contributed by atoms with Crippen LogP contribution in [-0.2, 0) is 46.2 Å². The molecule has 4 aromatic carbocycles. The third-order valence-corrected chi connectivity index (χ3v) is 11.4. The van der Waals surface area contributed by atoms with Crippen molar-refractivity contribution < 1.29 is 45.3 Å². The fourth-order valence-corrected chi connectivity index (χ4v) is 8.32. The summed E-state index contributed by atoms with van der Waals surface area (Å²) in [5, 5.41) is 14.4. The number of aromatic nitrogens is 2. The van der Waals surface area contributed by atoms with Gasteiger partial charge in [0.25, 0.3) is 20.0 Å². The zero-order chi connectivity index (χ0) is 35.9. The molecule has 1 aromatic heterocycles. The second-order valence-electron chi connectivity index (χ2n) is 11.0. The van der Waals surface area contributed by atoms with Crippen LogP contribution in [0.1, 0.15) is 22.3 Å². The Labute approximate surface area is 290 Å². The lowest BCUT2D eigenvalue weighted by atomic mass is 10.2. The number of hydrogen-bond acceptors (Lipinski definition) is 11. The number of methoxy groups -OCH3 is 4. The molecule has 0 aliphatic heterocycles. The molecule has 0 aliphatic carbocycles. The lowest BCUT2D eigenvalue weighted by molar-refractivity contribution is -0.832. The highest BCUT2D eigenvalue weighted by Gasteiger charge is 2.46. The topological polar surface area (TPSA) is 165 Å². The number of sulfonamides is 2. The van der Waals surface area contributed by atoms with E-state index in [2.05, 4.69) is 5.16 Å². The maximum Gasteiger partial charge on any atom is 0.367 e. The summed E-state index contributed by atoms with van der Waals surface area (Å²) in [5.41, 5.74) is 2.21. The summed E-state index contributed by atoms with van der Waals surface area (Å²) in [6.07, 6.45) is 0. The molecule has 5 rings (SSSR count). The van der Waals surface area contributed by atoms with Gasteiger partial charge < -0.3 is 24.2 Å². The van der Waals surface area contributed by atoms with E-state index in [1.807, 2.05) is 0 Å². The van der Waals surface area contributed by atoms with Crippen molar-refractivity contribution in [2.75, 3.05) is 28.4 Å². The van der Waals surface area contributed by atoms with Gasteiger partial charge in [0.1, 0.15) is 23.0 Å². The molecule has 0 spiro atoms. The van der Waals surface area contributed by atoms with Crippen LogP contribution in [0.2, 0.25) is 0 Å². The predicted molar refractivity (Wildman–Crippen MR) is 180 cm³/mol. The van der Waals surface area contributed by atoms with Crippen LogP contribution in [0.25, 0.3) is 0 Å². The first-order valence-electron chi connectivity index (χ1n) is 15.1. The Morgan fingerprint density at radius 2 is 0.820 bits per heavy atom. The van der Waals surface area contributed by atoms with Crippen LogP contribution < -0.4 is 23.9 Å². The van der Waals surface area contributed by atoms with Gasteiger partial charge in [0.05, 0.1) is 33.6 Å². The second-order valence-corrected chi connectivity index (χ2v) is 14.7. The van der Waals surface area contributed by atoms with Gasteiger partial charge in [0, 0.05) is 26.2 Å². The molecule has 0 aliphatic rings. The highest BCUT2D eigenvalue weighted by molar-refractivity contribution is 7.92. The molecule has 14 nitrogen and oxygen atoms in total. The minimum absolute atomic E-state index is 0.203. The predicted octanol–water partition coefficient (Wildman–Crippen LogP) is 4.12. The maximum absolute atomic E-state index is 14.5. The van der Waals surface area contributed by atoms with E-state index in [1.54, 1.807) is 97.1 Å². The summed E-state index contributed by atoms with van der Waals surface area (Å²) in [6, 6.07) is 26.7. The molecule has 0 atom stereocenters. The minimum atomic E-state index is -4.90. The van der Waals surface area contributed by atoms with Crippen molar-refractivity contribution >= 4 is 20.0 Å². The lowest BCUT2D eigenvalue weighted by Crippen LogP contribution is -2.41. The Bertz CT molecular complexity index is 1990. The van der Waals surface area contributed by atoms with Gasteiger partial charge in [-0.15, -0.1) is 0 Å². The average Bonchev–Trinajstić information content (AvgIpc) is 3.55. The van der Waals surface area contributed by atoms with Crippen LogP contribution in [-0.4, -0.2) is 59.0 Å². The number of rotatable bonds is 16. The molecule has 50 heavy (non-hydrogen) atoms. The van der Waals surface area contributed by atoms with Crippen LogP contribution in [0.4, 0.5) is 0 Å². The van der Waals surface area contributed by atoms with Crippen molar-refractivity contribution in [2.24, 2.45) is 0 Å². The van der Waals surface area contributed by atoms with Gasteiger partial charge in [-0.2, -0.15) is 8.61 Å². The van der Waals surface area contributed by atoms with Crippen LogP contribution in [0.3, 0.4) is 0 Å². The molecule has 0 amide bonds. The van der Waals surface area contributed by atoms with Gasteiger partial charge in [-0.25, -0.2) is 16.8 Å². The van der Waals surface area contributed by atoms with Gasteiger partial charge in [-0.1, -0.05) is 48.5 Å². The van der Waals surface area contributed by atoms with E-state index in [-0.39, 0.29) is 26.2 Å². The standard InChI is InChI=1S/C34H36N4O10S2/c1-44-29-13-5-25(6-14-29)21-36(22-26-7-15-30(45-2)16-8-26)49(40,41)33-34(38(39)48-35-33)50(42,43)37(23-27-9-17-31(46-3)18-10-27)24-28-11-19-32(47-4)20-12-28/h5-20H,21-24H2,1-4H3. The summed E-state index contributed by atoms with van der Waals surface area (Å²) < 4.78 is 85.4. The fraction of sp³-hybridized carbons (Fsp3) is 0.235. The van der Waals surface area contributed by atoms with E-state index in [0.717, 1.165) is 8.61 Å². The average molecular weight is 725 g/mol. The summed E-state index contributed by atoms with van der Waals surface area (Å²) in [7, 11) is -3.69. The molecule has 5 aromatic rings. The highest BCUT2D eigenvalue weighted by atomic mass is 32.2. The Hall–Kier alpha value is -5.16. The van der Waals surface area contributed by atoms with E-state index >= 15 is 0 Å². The molecule has 0 saturated carbocycles. The van der Waals surface area contributed by atoms with E-state index in [1.165, 1.54) is 28.4 Å². The van der Waals surface area contributed by atoms with Crippen LogP contribution in [0, 0.1) is 5.21 Å². The third-order valence-electron chi connectivity index (χ3n) is 7.79. The van der Waals surface area contributed by atoms with Crippen molar-refractivity contribution in [1.82, 2.24) is 13.8 Å². The quantitative estimate of drug-likeness (QED) is 0.134. The fourth-order valence-electron chi connectivity index (χ4n) is 5.02. The molecule has 16 heteroatoms. The Morgan fingerprint density at radius 3 is 1.10 bits per heavy atom. The minimum Gasteiger partial charge on any atom is -0.497 e. The molecule has 0 saturated heterocycles. The summed E-state index contributed by atoms with van der Waals surface area (Å²) >= 11 is 0. The zero-order valence-electron chi connectivity index (χ0n) is 27.8. The van der Waals surface area contributed by atoms with Crippen LogP contribution in [0.15, 0.2) is 112 Å². The third kappa shape index (κ3) is 8.16. The molecule has 0 N–H and O–H groups in total. The molecular weight excluding hydrogens is 689 g/mol. The number of ether oxygens (including phenoxy) is 4. The Balaban J connectivity index is 1.57. The number of nitrogens with zero attached hydrogens (tertiary/aromatic N) is 4. The smallest absolute Gasteiger partial charge is 0.367 e. The number of hydrogen-bond donors (Lipinski definition) is 0. The van der Waals surface area contributed by atoms with Gasteiger partial charge in [-0.05, 0) is 75.7 Å². The highest BCUT2D eigenvalue weighted by Crippen LogP contribution is 2.29. The molecule has 0 bridgehead atoms. The van der Waals surface area contributed by atoms with Crippen molar-refractivity contribution in [3.05, 3.63) is 125 Å². The normalized spacial score (nSPS) is 11.9. The second kappa shape index (κ2) is 15.6. The summed E-state index contributed by atoms with van der Waals surface area (Å²) in [5.74, 6) is 2.22.